The standard InChI is InChI=1S/C22H18F3N3O3/c1-30-18-7-12-3-4-27-16(13(12)9-19(18)31-2)10-17(29)14-8-15(23)22(21(25)20(14)24)28-6-5-26-11-28/h5-11,27H,3-4H2,1-2H3. The van der Waals surface area contributed by atoms with Crippen LogP contribution in [0.15, 0.2) is 43.0 Å². The van der Waals surface area contributed by atoms with E-state index in [1.54, 1.807) is 12.1 Å². The quantitative estimate of drug-likeness (QED) is 0.381. The van der Waals surface area contributed by atoms with E-state index < -0.39 is 34.5 Å². The average Bonchev–Trinajstić information content (AvgIpc) is 3.29. The van der Waals surface area contributed by atoms with Crippen LogP contribution in [-0.2, 0) is 6.42 Å². The summed E-state index contributed by atoms with van der Waals surface area (Å²) in [6.45, 7) is 0.520. The molecule has 2 aromatic carbocycles. The zero-order chi connectivity index (χ0) is 22.1. The van der Waals surface area contributed by atoms with Crippen LogP contribution in [0.1, 0.15) is 21.5 Å². The molecule has 0 saturated heterocycles. The highest BCUT2D eigenvalue weighted by Gasteiger charge is 2.25. The molecule has 1 aliphatic heterocycles. The number of hydrogen-bond acceptors (Lipinski definition) is 5. The Labute approximate surface area is 175 Å². The van der Waals surface area contributed by atoms with Gasteiger partial charge in [-0.25, -0.2) is 18.2 Å². The van der Waals surface area contributed by atoms with Gasteiger partial charge in [-0.1, -0.05) is 0 Å². The average molecular weight is 429 g/mol. The molecule has 6 nitrogen and oxygen atoms in total. The first kappa shape index (κ1) is 20.5. The summed E-state index contributed by atoms with van der Waals surface area (Å²) in [5.41, 5.74) is 0.599. The highest BCUT2D eigenvalue weighted by molar-refractivity contribution is 6.09. The van der Waals surface area contributed by atoms with E-state index in [4.69, 9.17) is 9.47 Å². The molecule has 1 N–H and O–H groups in total. The number of ketones is 1. The van der Waals surface area contributed by atoms with E-state index in [-0.39, 0.29) is 0 Å². The molecule has 4 rings (SSSR count). The number of carbonyl (C=O) groups is 1. The van der Waals surface area contributed by atoms with Gasteiger partial charge in [-0.05, 0) is 30.2 Å². The minimum absolute atomic E-state index is 0.395. The van der Waals surface area contributed by atoms with Crippen LogP contribution in [0.5, 0.6) is 11.5 Å². The number of rotatable bonds is 5. The van der Waals surface area contributed by atoms with Gasteiger partial charge in [-0.3, -0.25) is 4.79 Å². The summed E-state index contributed by atoms with van der Waals surface area (Å²) >= 11 is 0. The van der Waals surface area contributed by atoms with Crippen molar-refractivity contribution in [1.29, 1.82) is 0 Å². The van der Waals surface area contributed by atoms with Crippen molar-refractivity contribution in [3.8, 4) is 17.2 Å². The molecule has 0 atom stereocenters. The van der Waals surface area contributed by atoms with Crippen LogP contribution < -0.4 is 14.8 Å². The summed E-state index contributed by atoms with van der Waals surface area (Å²) in [4.78, 5) is 16.5. The Bertz CT molecular complexity index is 1190. The normalized spacial score (nSPS) is 14.2. The van der Waals surface area contributed by atoms with E-state index in [0.717, 1.165) is 22.5 Å². The van der Waals surface area contributed by atoms with Crippen LogP contribution >= 0.6 is 0 Å². The largest absolute Gasteiger partial charge is 0.493 e. The van der Waals surface area contributed by atoms with Crippen molar-refractivity contribution < 1.29 is 27.4 Å². The molecule has 1 aromatic heterocycles. The molecule has 31 heavy (non-hydrogen) atoms. The van der Waals surface area contributed by atoms with Crippen molar-refractivity contribution in [3.63, 3.8) is 0 Å². The Morgan fingerprint density at radius 3 is 2.55 bits per heavy atom. The summed E-state index contributed by atoms with van der Waals surface area (Å²) < 4.78 is 55.4. The van der Waals surface area contributed by atoms with Crippen LogP contribution in [0.2, 0.25) is 0 Å². The van der Waals surface area contributed by atoms with Gasteiger partial charge in [0.2, 0.25) is 0 Å². The van der Waals surface area contributed by atoms with Crippen LogP contribution in [-0.4, -0.2) is 36.1 Å². The maximum Gasteiger partial charge on any atom is 0.191 e. The van der Waals surface area contributed by atoms with Gasteiger partial charge in [0.05, 0.1) is 26.1 Å². The Morgan fingerprint density at radius 1 is 1.13 bits per heavy atom. The second-order valence-electron chi connectivity index (χ2n) is 6.82. The van der Waals surface area contributed by atoms with E-state index in [1.165, 1.54) is 26.6 Å². The van der Waals surface area contributed by atoms with Gasteiger partial charge in [0.25, 0.3) is 0 Å². The Morgan fingerprint density at radius 2 is 1.87 bits per heavy atom. The van der Waals surface area contributed by atoms with E-state index in [1.807, 2.05) is 0 Å². The first-order valence-electron chi connectivity index (χ1n) is 9.35. The van der Waals surface area contributed by atoms with Crippen molar-refractivity contribution in [2.24, 2.45) is 0 Å². The summed E-state index contributed by atoms with van der Waals surface area (Å²) in [6, 6.07) is 4.18. The molecule has 9 heteroatoms. The van der Waals surface area contributed by atoms with Crippen molar-refractivity contribution in [3.05, 3.63) is 77.1 Å². The Hall–Kier alpha value is -3.75. The summed E-state index contributed by atoms with van der Waals surface area (Å²) in [7, 11) is 3.00. The predicted octanol–water partition coefficient (Wildman–Crippen LogP) is 3.68. The minimum atomic E-state index is -1.47. The smallest absolute Gasteiger partial charge is 0.191 e. The number of ether oxygens (including phenoxy) is 2. The maximum atomic E-state index is 14.7. The van der Waals surface area contributed by atoms with E-state index in [0.29, 0.717) is 41.8 Å². The zero-order valence-electron chi connectivity index (χ0n) is 16.7. The molecular weight excluding hydrogens is 411 g/mol. The number of hydrogen-bond donors (Lipinski definition) is 1. The number of benzene rings is 2. The van der Waals surface area contributed by atoms with E-state index in [9.17, 15) is 18.0 Å². The number of carbonyl (C=O) groups excluding carboxylic acids is 1. The lowest BCUT2D eigenvalue weighted by molar-refractivity contribution is 0.104. The number of halogens is 3. The molecule has 0 saturated carbocycles. The molecule has 0 fully saturated rings. The third-order valence-corrected chi connectivity index (χ3v) is 5.05. The van der Waals surface area contributed by atoms with Gasteiger partial charge in [0.1, 0.15) is 5.69 Å². The summed E-state index contributed by atoms with van der Waals surface area (Å²) in [5, 5.41) is 3.07. The van der Waals surface area contributed by atoms with Crippen LogP contribution in [0.4, 0.5) is 13.2 Å². The molecule has 0 amide bonds. The second-order valence-corrected chi connectivity index (χ2v) is 6.82. The molecule has 0 spiro atoms. The fraction of sp³-hybridized carbons (Fsp3) is 0.182. The molecule has 0 aliphatic carbocycles. The first-order valence-corrected chi connectivity index (χ1v) is 9.35. The van der Waals surface area contributed by atoms with Gasteiger partial charge in [0, 0.05) is 36.3 Å². The Kier molecular flexibility index (Phi) is 5.41. The summed E-state index contributed by atoms with van der Waals surface area (Å²) in [5.74, 6) is -3.87. The lowest BCUT2D eigenvalue weighted by Gasteiger charge is -2.23. The number of allylic oxidation sites excluding steroid dienone is 1. The van der Waals surface area contributed by atoms with E-state index in [2.05, 4.69) is 10.3 Å². The number of aromatic nitrogens is 2. The third-order valence-electron chi connectivity index (χ3n) is 5.05. The minimum Gasteiger partial charge on any atom is -0.493 e. The lowest BCUT2D eigenvalue weighted by Crippen LogP contribution is -2.24. The highest BCUT2D eigenvalue weighted by Crippen LogP contribution is 2.35. The Balaban J connectivity index is 1.76. The number of nitrogens with zero attached hydrogens (tertiary/aromatic N) is 2. The molecular formula is C22H18F3N3O3. The molecule has 0 unspecified atom stereocenters. The number of fused-ring (bicyclic) bond motifs is 1. The van der Waals surface area contributed by atoms with Crippen LogP contribution in [0.3, 0.4) is 0 Å². The van der Waals surface area contributed by atoms with Gasteiger partial charge in [-0.2, -0.15) is 0 Å². The molecule has 0 radical (unpaired) electrons. The monoisotopic (exact) mass is 429 g/mol. The molecule has 0 bridgehead atoms. The molecule has 1 aliphatic rings. The van der Waals surface area contributed by atoms with Crippen LogP contribution in [0.25, 0.3) is 11.4 Å². The molecule has 160 valence electrons. The van der Waals surface area contributed by atoms with E-state index >= 15 is 0 Å². The van der Waals surface area contributed by atoms with Gasteiger partial charge in [0.15, 0.2) is 34.7 Å². The van der Waals surface area contributed by atoms with Crippen molar-refractivity contribution >= 4 is 11.5 Å². The maximum absolute atomic E-state index is 14.7. The van der Waals surface area contributed by atoms with Crippen molar-refractivity contribution in [2.45, 2.75) is 6.42 Å². The van der Waals surface area contributed by atoms with Crippen molar-refractivity contribution in [2.75, 3.05) is 20.8 Å². The van der Waals surface area contributed by atoms with Gasteiger partial charge >= 0.3 is 0 Å². The van der Waals surface area contributed by atoms with Gasteiger partial charge < -0.3 is 19.4 Å². The topological polar surface area (TPSA) is 65.4 Å². The number of nitrogens with one attached hydrogen (secondary N) is 1. The zero-order valence-corrected chi connectivity index (χ0v) is 16.7. The first-order chi connectivity index (χ1) is 14.9. The predicted molar refractivity (Wildman–Crippen MR) is 107 cm³/mol. The SMILES string of the molecule is COc1cc2c(cc1OC)C(=CC(=O)c1cc(F)c(-n3ccnc3)c(F)c1F)NCC2. The molecule has 2 heterocycles. The molecule has 3 aromatic rings. The van der Waals surface area contributed by atoms with Crippen LogP contribution in [0, 0.1) is 17.5 Å². The number of methoxy groups -OCH3 is 2. The third kappa shape index (κ3) is 3.63. The highest BCUT2D eigenvalue weighted by atomic mass is 19.2. The fourth-order valence-corrected chi connectivity index (χ4v) is 3.54. The van der Waals surface area contributed by atoms with Crippen molar-refractivity contribution in [1.82, 2.24) is 14.9 Å². The number of imidazole rings is 1. The summed E-state index contributed by atoms with van der Waals surface area (Å²) in [6.07, 6.45) is 5.50. The van der Waals surface area contributed by atoms with Gasteiger partial charge in [-0.15, -0.1) is 0 Å². The fourth-order valence-electron chi connectivity index (χ4n) is 3.54. The second kappa shape index (κ2) is 8.17. The lowest BCUT2D eigenvalue weighted by atomic mass is 9.95.